The zero-order valence-electron chi connectivity index (χ0n) is 49.5. The van der Waals surface area contributed by atoms with Gasteiger partial charge in [-0.15, -0.1) is 0 Å². The fraction of sp³-hybridized carbons (Fsp3) is 0.333. The van der Waals surface area contributed by atoms with E-state index >= 15 is 0 Å². The first-order valence-electron chi connectivity index (χ1n) is 27.0. The summed E-state index contributed by atoms with van der Waals surface area (Å²) in [6.45, 7) is 32.9. The molecule has 0 bridgehead atoms. The molecule has 20 heteroatoms. The summed E-state index contributed by atoms with van der Waals surface area (Å²) in [6.07, 6.45) is -0.934. The predicted molar refractivity (Wildman–Crippen MR) is 325 cm³/mol. The number of aliphatic hydroxyl groups excluding tert-OH is 1. The standard InChI is InChI=1S/C34H42ClN3O5Si.C28H28ClN3O5.CH3F/c1-22-26(14-19-30(36-6)31(22)35)20-29(23(2)43-44(8,9)34(3,4)5)33(40)38-37-32(39)25-12-17-28(18-13-25)42-21-24-10-15-27(41-7)16-11-24;1-17-21(9-14-25(30-3)26(17)29)15-24(18(2)33)28(35)32-31-27(34)20-7-12-23(13-8-20)37-16-19-5-10-22(36-4)11-6-19;1-2/h10-19,23,29H,20-21H2,1-5,7-9H3,(H,37,39)(H,38,40);5-14,18,24,33H,15-16H2,1-2,4H3,(H,31,34)(H,32,35);1H3/t23-,29+;18-,24+;/m00./s1/i;;1D. The number of hydrogen-bond acceptors (Lipinski definition) is 10. The number of amides is 4. The second-order valence-electron chi connectivity index (χ2n) is 20.7. The van der Waals surface area contributed by atoms with E-state index in [4.69, 9.17) is 61.1 Å². The Labute approximate surface area is 499 Å². The van der Waals surface area contributed by atoms with Gasteiger partial charge >= 0.3 is 0 Å². The van der Waals surface area contributed by atoms with Crippen LogP contribution in [0.3, 0.4) is 0 Å². The number of aliphatic hydroxyl groups is 1. The van der Waals surface area contributed by atoms with E-state index in [2.05, 4.69) is 65.3 Å². The van der Waals surface area contributed by atoms with Crippen molar-refractivity contribution in [3.8, 4) is 23.0 Å². The number of hydrogen-bond donors (Lipinski definition) is 5. The highest BCUT2D eigenvalue weighted by Crippen LogP contribution is 2.39. The topological polar surface area (TPSA) is 191 Å². The first-order chi connectivity index (χ1) is 39.8. The van der Waals surface area contributed by atoms with Crippen LogP contribution >= 0.6 is 23.2 Å². The number of alkyl halides is 1. The highest BCUT2D eigenvalue weighted by Gasteiger charge is 2.41. The van der Waals surface area contributed by atoms with Crippen LogP contribution in [-0.2, 0) is 40.1 Å². The lowest BCUT2D eigenvalue weighted by atomic mass is 9.91. The van der Waals surface area contributed by atoms with Gasteiger partial charge in [0, 0.05) is 11.1 Å². The Morgan fingerprint density at radius 1 is 0.614 bits per heavy atom. The summed E-state index contributed by atoms with van der Waals surface area (Å²) in [7, 11) is 0.00572. The van der Waals surface area contributed by atoms with E-state index in [1.54, 1.807) is 87.9 Å². The van der Waals surface area contributed by atoms with E-state index in [1.807, 2.05) is 68.4 Å². The summed E-state index contributed by atoms with van der Waals surface area (Å²) >= 11 is 12.7. The average Bonchev–Trinajstić information content (AvgIpc) is 3.66. The summed E-state index contributed by atoms with van der Waals surface area (Å²) < 4.78 is 44.0. The molecule has 83 heavy (non-hydrogen) atoms. The number of carbonyl (C=O) groups excluding carboxylic acids is 4. The summed E-state index contributed by atoms with van der Waals surface area (Å²) in [5, 5.41) is 10.8. The molecule has 0 aliphatic heterocycles. The Kier molecular flexibility index (Phi) is 25.4. The van der Waals surface area contributed by atoms with E-state index in [0.29, 0.717) is 69.2 Å². The lowest BCUT2D eigenvalue weighted by Gasteiger charge is -2.40. The predicted octanol–water partition coefficient (Wildman–Crippen LogP) is 13.2. The normalized spacial score (nSPS) is 12.5. The molecule has 16 nitrogen and oxygen atoms in total. The molecule has 6 rings (SSSR count). The minimum atomic E-state index is -2.22. The molecule has 0 saturated heterocycles. The molecule has 0 unspecified atom stereocenters. The van der Waals surface area contributed by atoms with Crippen molar-refractivity contribution in [2.24, 2.45) is 11.8 Å². The first-order valence-corrected chi connectivity index (χ1v) is 29.9. The number of carbonyl (C=O) groups is 4. The van der Waals surface area contributed by atoms with E-state index < -0.39 is 57.2 Å². The van der Waals surface area contributed by atoms with Gasteiger partial charge in [-0.05, 0) is 165 Å². The van der Waals surface area contributed by atoms with Crippen LogP contribution in [0.1, 0.15) is 90.1 Å². The molecule has 4 amide bonds. The van der Waals surface area contributed by atoms with Gasteiger partial charge in [-0.3, -0.25) is 45.3 Å². The Hall–Kier alpha value is -7.97. The Morgan fingerprint density at radius 3 is 1.30 bits per heavy atom. The van der Waals surface area contributed by atoms with Crippen LogP contribution in [0.2, 0.25) is 28.2 Å². The Morgan fingerprint density at radius 2 is 0.964 bits per heavy atom. The highest BCUT2D eigenvalue weighted by molar-refractivity contribution is 6.74. The van der Waals surface area contributed by atoms with Crippen LogP contribution in [0.15, 0.2) is 121 Å². The molecule has 440 valence electrons. The van der Waals surface area contributed by atoms with Gasteiger partial charge in [0.15, 0.2) is 8.32 Å². The molecule has 4 atom stereocenters. The second-order valence-corrected chi connectivity index (χ2v) is 26.3. The third-order valence-corrected chi connectivity index (χ3v) is 19.7. The van der Waals surface area contributed by atoms with Crippen molar-refractivity contribution in [3.05, 3.63) is 199 Å². The SMILES string of the molecule is [2H]CF.[C-]#[N+]c1ccc(C[C@@H](C(=O)NNC(=O)c2ccc(OCc3ccc(OC)cc3)cc2)[C@H](C)O)c(C)c1Cl.[C-]#[N+]c1ccc(C[C@@H](C(=O)NNC(=O)c2ccc(OCc3ccc(OC)cc3)cc2)[C@H](C)O[Si](C)(C)C(C)(C)C)c(C)c1Cl. The highest BCUT2D eigenvalue weighted by atomic mass is 35.5. The van der Waals surface area contributed by atoms with Crippen LogP contribution in [0.5, 0.6) is 23.0 Å². The number of rotatable bonds is 20. The third kappa shape index (κ3) is 19.6. The molecule has 6 aromatic rings. The molecule has 6 aromatic carbocycles. The van der Waals surface area contributed by atoms with Gasteiger partial charge in [-0.1, -0.05) is 92.5 Å². The number of ether oxygens (including phenoxy) is 4. The van der Waals surface area contributed by atoms with Gasteiger partial charge in [-0.2, -0.15) is 0 Å². The molecule has 0 spiro atoms. The smallest absolute Gasteiger partial charge is 0.269 e. The summed E-state index contributed by atoms with van der Waals surface area (Å²) in [4.78, 5) is 58.7. The second kappa shape index (κ2) is 32.0. The number of methoxy groups -OCH3 is 2. The zero-order chi connectivity index (χ0) is 62.3. The number of benzene rings is 6. The van der Waals surface area contributed by atoms with E-state index in [9.17, 15) is 28.7 Å². The molecule has 0 aliphatic carbocycles. The van der Waals surface area contributed by atoms with Crippen molar-refractivity contribution in [1.29, 1.82) is 0 Å². The molecule has 0 radical (unpaired) electrons. The Bertz CT molecular complexity index is 3250. The maximum Gasteiger partial charge on any atom is 0.269 e. The van der Waals surface area contributed by atoms with Crippen molar-refractivity contribution >= 4 is 66.5 Å². The van der Waals surface area contributed by atoms with Gasteiger partial charge < -0.3 is 28.5 Å². The van der Waals surface area contributed by atoms with E-state index in [-0.39, 0.29) is 17.4 Å². The number of hydrazine groups is 2. The molecule has 0 saturated carbocycles. The maximum absolute atomic E-state index is 13.6. The molecule has 0 fully saturated rings. The first kappa shape index (κ1) is 65.8. The van der Waals surface area contributed by atoms with Crippen LogP contribution in [0, 0.1) is 38.8 Å². The van der Waals surface area contributed by atoms with E-state index in [0.717, 1.165) is 39.3 Å². The molecule has 5 N–H and O–H groups in total. The van der Waals surface area contributed by atoms with Crippen molar-refractivity contribution in [1.82, 2.24) is 21.7 Å². The fourth-order valence-electron chi connectivity index (χ4n) is 7.94. The largest absolute Gasteiger partial charge is 0.497 e. The van der Waals surface area contributed by atoms with Crippen LogP contribution < -0.4 is 40.7 Å². The van der Waals surface area contributed by atoms with Crippen molar-refractivity contribution in [2.45, 2.75) is 105 Å². The monoisotopic (exact) mass is 1190 g/mol. The lowest BCUT2D eigenvalue weighted by Crippen LogP contribution is -2.51. The number of halogens is 3. The Balaban J connectivity index is 0.000000349. The van der Waals surface area contributed by atoms with Crippen LogP contribution in [0.25, 0.3) is 9.69 Å². The lowest BCUT2D eigenvalue weighted by molar-refractivity contribution is -0.129. The maximum atomic E-state index is 13.6. The fourth-order valence-corrected chi connectivity index (χ4v) is 9.84. The average molecular weight is 1190 g/mol. The molecular formula is C63H73Cl2FN6O10Si. The molecule has 0 aliphatic rings. The van der Waals surface area contributed by atoms with Crippen LogP contribution in [0.4, 0.5) is 15.8 Å². The van der Waals surface area contributed by atoms with Gasteiger partial charge in [0.1, 0.15) is 36.2 Å². The minimum absolute atomic E-state index is 0.0580. The zero-order valence-corrected chi connectivity index (χ0v) is 51.1. The van der Waals surface area contributed by atoms with Crippen molar-refractivity contribution < 1.29 is 53.4 Å². The minimum Gasteiger partial charge on any atom is -0.497 e. The molecular weight excluding hydrogens is 1120 g/mol. The molecule has 0 heterocycles. The summed E-state index contributed by atoms with van der Waals surface area (Å²) in [6, 6.07) is 35.1. The van der Waals surface area contributed by atoms with Gasteiger partial charge in [-0.25, -0.2) is 9.69 Å². The third-order valence-electron chi connectivity index (χ3n) is 14.1. The quantitative estimate of drug-likeness (QED) is 0.0279. The summed E-state index contributed by atoms with van der Waals surface area (Å²) in [5.41, 5.74) is 16.2. The molecule has 0 aromatic heterocycles. The van der Waals surface area contributed by atoms with Crippen molar-refractivity contribution in [2.75, 3.05) is 21.4 Å². The van der Waals surface area contributed by atoms with E-state index in [1.165, 1.54) is 6.92 Å². The van der Waals surface area contributed by atoms with Gasteiger partial charge in [0.05, 0.1) is 70.0 Å². The number of nitrogens with one attached hydrogen (secondary N) is 4. The van der Waals surface area contributed by atoms with Gasteiger partial charge in [0.2, 0.25) is 23.2 Å². The van der Waals surface area contributed by atoms with Crippen LogP contribution in [-0.4, -0.2) is 70.6 Å². The van der Waals surface area contributed by atoms with Gasteiger partial charge in [0.25, 0.3) is 11.8 Å². The summed E-state index contributed by atoms with van der Waals surface area (Å²) in [5.74, 6) is -0.649. The van der Waals surface area contributed by atoms with Crippen molar-refractivity contribution in [3.63, 3.8) is 0 Å². The number of nitrogens with zero attached hydrogens (tertiary/aromatic N) is 2.